The Labute approximate surface area is 137 Å². The number of piperazine rings is 1. The third-order valence-electron chi connectivity index (χ3n) is 3.83. The van der Waals surface area contributed by atoms with Crippen molar-refractivity contribution in [3.05, 3.63) is 24.4 Å². The quantitative estimate of drug-likeness (QED) is 0.762. The highest BCUT2D eigenvalue weighted by molar-refractivity contribution is 5.87. The third kappa shape index (κ3) is 5.21. The van der Waals surface area contributed by atoms with Crippen molar-refractivity contribution >= 4 is 17.6 Å². The van der Waals surface area contributed by atoms with E-state index < -0.39 is 6.04 Å². The minimum Gasteiger partial charge on any atom is -0.355 e. The molecule has 7 nitrogen and oxygen atoms in total. The standard InChI is InChI=1S/C16H25N5O2/c1-3-17-16(23)13(2)19-15(22)12-20-8-10-21(11-9-20)14-6-4-5-7-18-14/h4-7,13H,3,8-12H2,1-2H3,(H,17,23)(H,19,22)/t13-/m1/s1. The maximum absolute atomic E-state index is 12.0. The monoisotopic (exact) mass is 319 g/mol. The van der Waals surface area contributed by atoms with E-state index in [0.29, 0.717) is 13.1 Å². The highest BCUT2D eigenvalue weighted by atomic mass is 16.2. The molecule has 1 aromatic heterocycles. The van der Waals surface area contributed by atoms with Crippen LogP contribution in [0.1, 0.15) is 13.8 Å². The highest BCUT2D eigenvalue weighted by Gasteiger charge is 2.21. The van der Waals surface area contributed by atoms with Gasteiger partial charge < -0.3 is 15.5 Å². The van der Waals surface area contributed by atoms with E-state index in [-0.39, 0.29) is 11.8 Å². The molecule has 0 spiro atoms. The van der Waals surface area contributed by atoms with Crippen molar-refractivity contribution in [3.8, 4) is 0 Å². The van der Waals surface area contributed by atoms with Crippen molar-refractivity contribution < 1.29 is 9.59 Å². The number of amides is 2. The van der Waals surface area contributed by atoms with E-state index in [1.54, 1.807) is 13.1 Å². The van der Waals surface area contributed by atoms with E-state index in [2.05, 4.69) is 25.4 Å². The molecule has 0 aromatic carbocycles. The zero-order chi connectivity index (χ0) is 16.7. The van der Waals surface area contributed by atoms with Crippen LogP contribution < -0.4 is 15.5 Å². The average molecular weight is 319 g/mol. The summed E-state index contributed by atoms with van der Waals surface area (Å²) in [5, 5.41) is 5.43. The molecule has 0 bridgehead atoms. The fourth-order valence-electron chi connectivity index (χ4n) is 2.56. The van der Waals surface area contributed by atoms with Crippen molar-refractivity contribution in [3.63, 3.8) is 0 Å². The third-order valence-corrected chi connectivity index (χ3v) is 3.83. The Balaban J connectivity index is 1.73. The zero-order valence-electron chi connectivity index (χ0n) is 13.8. The average Bonchev–Trinajstić information content (AvgIpc) is 2.56. The van der Waals surface area contributed by atoms with Gasteiger partial charge in [-0.2, -0.15) is 0 Å². The molecular formula is C16H25N5O2. The molecule has 2 amide bonds. The molecule has 1 aliphatic rings. The molecule has 0 aliphatic carbocycles. The van der Waals surface area contributed by atoms with E-state index >= 15 is 0 Å². The predicted octanol–water partition coefficient (Wildman–Crippen LogP) is -0.156. The molecule has 126 valence electrons. The Morgan fingerprint density at radius 2 is 2.00 bits per heavy atom. The van der Waals surface area contributed by atoms with Crippen molar-refractivity contribution in [2.45, 2.75) is 19.9 Å². The van der Waals surface area contributed by atoms with Gasteiger partial charge in [-0.05, 0) is 26.0 Å². The van der Waals surface area contributed by atoms with Crippen LogP contribution in [0, 0.1) is 0 Å². The highest BCUT2D eigenvalue weighted by Crippen LogP contribution is 2.12. The summed E-state index contributed by atoms with van der Waals surface area (Å²) in [6.07, 6.45) is 1.79. The summed E-state index contributed by atoms with van der Waals surface area (Å²) in [5.41, 5.74) is 0. The first-order chi connectivity index (χ1) is 11.1. The number of aromatic nitrogens is 1. The van der Waals surface area contributed by atoms with Gasteiger partial charge >= 0.3 is 0 Å². The molecule has 23 heavy (non-hydrogen) atoms. The van der Waals surface area contributed by atoms with Crippen LogP contribution in [-0.2, 0) is 9.59 Å². The molecule has 0 unspecified atom stereocenters. The fourth-order valence-corrected chi connectivity index (χ4v) is 2.56. The minimum atomic E-state index is -0.503. The molecule has 1 aromatic rings. The second kappa shape index (κ2) is 8.47. The number of likely N-dealkylation sites (N-methyl/N-ethyl adjacent to an activating group) is 1. The number of pyridine rings is 1. The molecule has 2 N–H and O–H groups in total. The van der Waals surface area contributed by atoms with Crippen LogP contribution in [0.15, 0.2) is 24.4 Å². The number of nitrogens with zero attached hydrogens (tertiary/aromatic N) is 3. The van der Waals surface area contributed by atoms with E-state index in [1.807, 2.05) is 25.1 Å². The first-order valence-corrected chi connectivity index (χ1v) is 8.05. The maximum Gasteiger partial charge on any atom is 0.242 e. The minimum absolute atomic E-state index is 0.116. The summed E-state index contributed by atoms with van der Waals surface area (Å²) in [7, 11) is 0. The molecule has 2 heterocycles. The topological polar surface area (TPSA) is 77.6 Å². The van der Waals surface area contributed by atoms with Gasteiger partial charge in [-0.15, -0.1) is 0 Å². The zero-order valence-corrected chi connectivity index (χ0v) is 13.8. The van der Waals surface area contributed by atoms with Crippen molar-refractivity contribution in [2.75, 3.05) is 44.2 Å². The number of hydrogen-bond acceptors (Lipinski definition) is 5. The molecular weight excluding hydrogens is 294 g/mol. The van der Waals surface area contributed by atoms with Crippen LogP contribution in [0.2, 0.25) is 0 Å². The maximum atomic E-state index is 12.0. The summed E-state index contributed by atoms with van der Waals surface area (Å²) in [6.45, 7) is 7.73. The van der Waals surface area contributed by atoms with Gasteiger partial charge in [0.05, 0.1) is 6.54 Å². The molecule has 1 atom stereocenters. The Hall–Kier alpha value is -2.15. The van der Waals surface area contributed by atoms with Crippen LogP contribution >= 0.6 is 0 Å². The first kappa shape index (κ1) is 17.2. The van der Waals surface area contributed by atoms with Gasteiger partial charge in [0.15, 0.2) is 0 Å². The van der Waals surface area contributed by atoms with Gasteiger partial charge in [0.25, 0.3) is 0 Å². The van der Waals surface area contributed by atoms with E-state index in [1.165, 1.54) is 0 Å². The Morgan fingerprint density at radius 1 is 1.26 bits per heavy atom. The second-order valence-electron chi connectivity index (χ2n) is 5.63. The molecule has 0 radical (unpaired) electrons. The van der Waals surface area contributed by atoms with E-state index in [9.17, 15) is 9.59 Å². The lowest BCUT2D eigenvalue weighted by Gasteiger charge is -2.35. The number of carbonyl (C=O) groups excluding carboxylic acids is 2. The number of nitrogens with one attached hydrogen (secondary N) is 2. The van der Waals surface area contributed by atoms with Crippen molar-refractivity contribution in [2.24, 2.45) is 0 Å². The van der Waals surface area contributed by atoms with Gasteiger partial charge in [-0.3, -0.25) is 14.5 Å². The summed E-state index contributed by atoms with van der Waals surface area (Å²) < 4.78 is 0. The van der Waals surface area contributed by atoms with Gasteiger partial charge in [-0.1, -0.05) is 6.07 Å². The normalized spacial score (nSPS) is 16.7. The summed E-state index contributed by atoms with van der Waals surface area (Å²) in [4.78, 5) is 32.3. The van der Waals surface area contributed by atoms with Gasteiger partial charge in [0.2, 0.25) is 11.8 Å². The lowest BCUT2D eigenvalue weighted by atomic mass is 10.2. The number of anilines is 1. The summed E-state index contributed by atoms with van der Waals surface area (Å²) in [5.74, 6) is 0.706. The number of rotatable bonds is 6. The van der Waals surface area contributed by atoms with E-state index in [4.69, 9.17) is 0 Å². The second-order valence-corrected chi connectivity index (χ2v) is 5.63. The number of hydrogen-bond donors (Lipinski definition) is 2. The SMILES string of the molecule is CCNC(=O)[C@@H](C)NC(=O)CN1CCN(c2ccccn2)CC1. The molecule has 0 saturated carbocycles. The van der Waals surface area contributed by atoms with Crippen LogP contribution in [-0.4, -0.2) is 67.0 Å². The largest absolute Gasteiger partial charge is 0.355 e. The van der Waals surface area contributed by atoms with Crippen LogP contribution in [0.25, 0.3) is 0 Å². The van der Waals surface area contributed by atoms with Gasteiger partial charge in [0.1, 0.15) is 11.9 Å². The van der Waals surface area contributed by atoms with Crippen LogP contribution in [0.4, 0.5) is 5.82 Å². The lowest BCUT2D eigenvalue weighted by Crippen LogP contribution is -2.52. The number of carbonyl (C=O) groups is 2. The Bertz CT molecular complexity index is 514. The lowest BCUT2D eigenvalue weighted by molar-refractivity contribution is -0.129. The molecule has 1 saturated heterocycles. The van der Waals surface area contributed by atoms with Gasteiger partial charge in [0, 0.05) is 38.9 Å². The molecule has 7 heteroatoms. The molecule has 1 fully saturated rings. The first-order valence-electron chi connectivity index (χ1n) is 8.05. The predicted molar refractivity (Wildman–Crippen MR) is 89.2 cm³/mol. The van der Waals surface area contributed by atoms with Gasteiger partial charge in [-0.25, -0.2) is 4.98 Å². The summed E-state index contributed by atoms with van der Waals surface area (Å²) in [6, 6.07) is 5.37. The molecule has 2 rings (SSSR count). The molecule has 1 aliphatic heterocycles. The fraction of sp³-hybridized carbons (Fsp3) is 0.562. The Kier molecular flexibility index (Phi) is 6.34. The van der Waals surface area contributed by atoms with Crippen molar-refractivity contribution in [1.82, 2.24) is 20.5 Å². The van der Waals surface area contributed by atoms with Crippen LogP contribution in [0.5, 0.6) is 0 Å². The Morgan fingerprint density at radius 3 is 2.61 bits per heavy atom. The van der Waals surface area contributed by atoms with Crippen LogP contribution in [0.3, 0.4) is 0 Å². The van der Waals surface area contributed by atoms with E-state index in [0.717, 1.165) is 32.0 Å². The van der Waals surface area contributed by atoms with Crippen molar-refractivity contribution in [1.29, 1.82) is 0 Å². The summed E-state index contributed by atoms with van der Waals surface area (Å²) >= 11 is 0. The smallest absolute Gasteiger partial charge is 0.242 e.